The highest BCUT2D eigenvalue weighted by molar-refractivity contribution is 9.09. The molecule has 0 saturated heterocycles. The van der Waals surface area contributed by atoms with Crippen molar-refractivity contribution in [3.8, 4) is 0 Å². The quantitative estimate of drug-likeness (QED) is 0.679. The summed E-state index contributed by atoms with van der Waals surface area (Å²) < 4.78 is 0. The molecule has 1 atom stereocenters. The lowest BCUT2D eigenvalue weighted by Crippen LogP contribution is -2.02. The molecule has 0 aliphatic heterocycles. The van der Waals surface area contributed by atoms with E-state index in [0.29, 0.717) is 9.85 Å². The van der Waals surface area contributed by atoms with Crippen LogP contribution in [-0.4, -0.2) is 4.83 Å². The molecule has 15 heavy (non-hydrogen) atoms. The molecule has 0 aromatic heterocycles. The number of benzene rings is 1. The zero-order valence-corrected chi connectivity index (χ0v) is 11.4. The van der Waals surface area contributed by atoms with Crippen molar-refractivity contribution >= 4 is 39.1 Å². The van der Waals surface area contributed by atoms with E-state index in [9.17, 15) is 0 Å². The highest BCUT2D eigenvalue weighted by Crippen LogP contribution is 2.39. The van der Waals surface area contributed by atoms with E-state index in [0.717, 1.165) is 29.3 Å². The van der Waals surface area contributed by atoms with E-state index < -0.39 is 0 Å². The van der Waals surface area contributed by atoms with E-state index in [1.807, 2.05) is 12.1 Å². The maximum atomic E-state index is 6.12. The Morgan fingerprint density at radius 2 is 2.07 bits per heavy atom. The van der Waals surface area contributed by atoms with Crippen molar-refractivity contribution in [2.45, 2.75) is 30.5 Å². The summed E-state index contributed by atoms with van der Waals surface area (Å²) >= 11 is 15.8. The fourth-order valence-electron chi connectivity index (χ4n) is 1.73. The van der Waals surface area contributed by atoms with Crippen LogP contribution >= 0.6 is 39.1 Å². The lowest BCUT2D eigenvalue weighted by Gasteiger charge is -2.09. The average Bonchev–Trinajstić information content (AvgIpc) is 3.03. The zero-order valence-electron chi connectivity index (χ0n) is 8.35. The molecule has 0 nitrogen and oxygen atoms in total. The van der Waals surface area contributed by atoms with Gasteiger partial charge in [0.15, 0.2) is 0 Å². The third kappa shape index (κ3) is 3.12. The monoisotopic (exact) mass is 306 g/mol. The van der Waals surface area contributed by atoms with Gasteiger partial charge < -0.3 is 0 Å². The molecule has 82 valence electrons. The molecule has 1 aliphatic rings. The number of halogens is 3. The molecule has 0 heterocycles. The first-order valence-electron chi connectivity index (χ1n) is 5.25. The van der Waals surface area contributed by atoms with Gasteiger partial charge in [0.2, 0.25) is 0 Å². The topological polar surface area (TPSA) is 0 Å². The molecule has 1 unspecified atom stereocenters. The smallest absolute Gasteiger partial charge is 0.0624 e. The van der Waals surface area contributed by atoms with Crippen molar-refractivity contribution in [2.75, 3.05) is 0 Å². The number of hydrogen-bond donors (Lipinski definition) is 0. The van der Waals surface area contributed by atoms with Gasteiger partial charge in [-0.25, -0.2) is 0 Å². The number of rotatable bonds is 4. The summed E-state index contributed by atoms with van der Waals surface area (Å²) in [6.45, 7) is 0. The van der Waals surface area contributed by atoms with Gasteiger partial charge in [0.25, 0.3) is 0 Å². The Morgan fingerprint density at radius 3 is 2.73 bits per heavy atom. The van der Waals surface area contributed by atoms with Crippen LogP contribution in [0.2, 0.25) is 10.0 Å². The highest BCUT2D eigenvalue weighted by Gasteiger charge is 2.28. The van der Waals surface area contributed by atoms with Gasteiger partial charge in [-0.2, -0.15) is 0 Å². The minimum atomic E-state index is 0.646. The Balaban J connectivity index is 1.95. The second-order valence-corrected chi connectivity index (χ2v) is 6.07. The largest absolute Gasteiger partial charge is 0.0888 e. The van der Waals surface area contributed by atoms with Crippen LogP contribution in [0.4, 0.5) is 0 Å². The number of hydrogen-bond acceptors (Lipinski definition) is 0. The summed E-state index contributed by atoms with van der Waals surface area (Å²) in [6, 6.07) is 5.85. The Morgan fingerprint density at radius 1 is 1.33 bits per heavy atom. The predicted molar refractivity (Wildman–Crippen MR) is 70.2 cm³/mol. The molecule has 0 N–H and O–H groups in total. The Bertz CT molecular complexity index is 347. The molecule has 0 bridgehead atoms. The normalized spacial score (nSPS) is 17.8. The summed E-state index contributed by atoms with van der Waals surface area (Å²) in [5.41, 5.74) is 1.16. The second-order valence-electron chi connectivity index (χ2n) is 4.11. The first kappa shape index (κ1) is 11.8. The number of alkyl halides is 1. The lowest BCUT2D eigenvalue weighted by atomic mass is 10.1. The van der Waals surface area contributed by atoms with Gasteiger partial charge in [0.05, 0.1) is 10.0 Å². The molecule has 1 saturated carbocycles. The van der Waals surface area contributed by atoms with Crippen molar-refractivity contribution in [3.63, 3.8) is 0 Å². The van der Waals surface area contributed by atoms with Crippen LogP contribution in [0.1, 0.15) is 24.8 Å². The molecular formula is C12H13BrCl2. The summed E-state index contributed by atoms with van der Waals surface area (Å²) in [5, 5.41) is 1.38. The maximum absolute atomic E-state index is 6.12. The van der Waals surface area contributed by atoms with E-state index in [4.69, 9.17) is 23.2 Å². The van der Waals surface area contributed by atoms with E-state index in [1.165, 1.54) is 12.8 Å². The third-order valence-electron chi connectivity index (χ3n) is 2.85. The van der Waals surface area contributed by atoms with Gasteiger partial charge in [-0.3, -0.25) is 0 Å². The maximum Gasteiger partial charge on any atom is 0.0624 e. The molecule has 0 radical (unpaired) electrons. The van der Waals surface area contributed by atoms with Gasteiger partial charge in [-0.15, -0.1) is 0 Å². The molecule has 1 aliphatic carbocycles. The molecule has 1 aromatic carbocycles. The van der Waals surface area contributed by atoms with Gasteiger partial charge in [-0.05, 0) is 43.2 Å². The van der Waals surface area contributed by atoms with Crippen LogP contribution in [0.25, 0.3) is 0 Å². The van der Waals surface area contributed by atoms with Crippen LogP contribution in [0, 0.1) is 5.92 Å². The van der Waals surface area contributed by atoms with E-state index in [2.05, 4.69) is 22.0 Å². The van der Waals surface area contributed by atoms with Crippen LogP contribution in [0.15, 0.2) is 18.2 Å². The van der Waals surface area contributed by atoms with Crippen molar-refractivity contribution in [1.29, 1.82) is 0 Å². The van der Waals surface area contributed by atoms with Gasteiger partial charge in [-0.1, -0.05) is 51.3 Å². The molecule has 2 rings (SSSR count). The summed E-state index contributed by atoms with van der Waals surface area (Å²) in [7, 11) is 0. The Hall–Kier alpha value is 0.280. The van der Waals surface area contributed by atoms with E-state index >= 15 is 0 Å². The van der Waals surface area contributed by atoms with Crippen LogP contribution < -0.4 is 0 Å². The molecule has 3 heteroatoms. The molecule has 0 spiro atoms. The second kappa shape index (κ2) is 5.07. The van der Waals surface area contributed by atoms with Crippen LogP contribution in [0.5, 0.6) is 0 Å². The Labute approximate surface area is 109 Å². The number of aryl methyl sites for hydroxylation is 1. The average molecular weight is 308 g/mol. The molecular weight excluding hydrogens is 295 g/mol. The van der Waals surface area contributed by atoms with Gasteiger partial charge in [0.1, 0.15) is 0 Å². The minimum absolute atomic E-state index is 0.646. The highest BCUT2D eigenvalue weighted by atomic mass is 79.9. The fraction of sp³-hybridized carbons (Fsp3) is 0.500. The van der Waals surface area contributed by atoms with Crippen molar-refractivity contribution in [2.24, 2.45) is 5.92 Å². The van der Waals surface area contributed by atoms with Gasteiger partial charge >= 0.3 is 0 Å². The van der Waals surface area contributed by atoms with E-state index in [-0.39, 0.29) is 0 Å². The van der Waals surface area contributed by atoms with E-state index in [1.54, 1.807) is 0 Å². The SMILES string of the molecule is Clc1cccc(CCC(Br)C2CC2)c1Cl. The summed E-state index contributed by atoms with van der Waals surface area (Å²) in [5.74, 6) is 0.892. The first-order valence-corrected chi connectivity index (χ1v) is 6.92. The molecule has 0 amide bonds. The standard InChI is InChI=1S/C12H13BrCl2/c13-10(8-4-5-8)7-6-9-2-1-3-11(14)12(9)15/h1-3,8,10H,4-7H2. The first-order chi connectivity index (χ1) is 7.18. The lowest BCUT2D eigenvalue weighted by molar-refractivity contribution is 0.696. The third-order valence-corrected chi connectivity index (χ3v) is 4.92. The molecule has 1 fully saturated rings. The van der Waals surface area contributed by atoms with Crippen molar-refractivity contribution in [1.82, 2.24) is 0 Å². The van der Waals surface area contributed by atoms with Crippen LogP contribution in [0.3, 0.4) is 0 Å². The van der Waals surface area contributed by atoms with Crippen molar-refractivity contribution in [3.05, 3.63) is 33.8 Å². The zero-order chi connectivity index (χ0) is 10.8. The summed E-state index contributed by atoms with van der Waals surface area (Å²) in [6.07, 6.45) is 4.90. The van der Waals surface area contributed by atoms with Gasteiger partial charge in [0, 0.05) is 4.83 Å². The van der Waals surface area contributed by atoms with Crippen LogP contribution in [-0.2, 0) is 6.42 Å². The Kier molecular flexibility index (Phi) is 3.98. The molecule has 1 aromatic rings. The predicted octanol–water partition coefficient (Wildman–Crippen LogP) is 5.10. The fourth-order valence-corrected chi connectivity index (χ4v) is 2.90. The minimum Gasteiger partial charge on any atom is -0.0888 e. The van der Waals surface area contributed by atoms with Crippen molar-refractivity contribution < 1.29 is 0 Å². The summed E-state index contributed by atoms with van der Waals surface area (Å²) in [4.78, 5) is 0.646.